The van der Waals surface area contributed by atoms with Gasteiger partial charge in [0.25, 0.3) is 0 Å². The molecule has 0 spiro atoms. The Balaban J connectivity index is 1.93. The second-order valence-electron chi connectivity index (χ2n) is 4.38. The van der Waals surface area contributed by atoms with E-state index in [9.17, 15) is 9.18 Å². The number of rotatable bonds is 4. The van der Waals surface area contributed by atoms with E-state index < -0.39 is 0 Å². The Morgan fingerprint density at radius 1 is 1.50 bits per heavy atom. The minimum absolute atomic E-state index is 0.0533. The molecule has 4 nitrogen and oxygen atoms in total. The molecule has 0 bridgehead atoms. The third-order valence-electron chi connectivity index (χ3n) is 3.14. The number of hydrogen-bond donors (Lipinski definition) is 3. The standard InChI is InChI=1S/C13H17FN2O2/c14-11-4-1-3-10-9(11)5-6-12(10)16-13(18)15-7-2-8-17/h1,3-4,12,17H,2,5-8H2,(H2,15,16,18). The summed E-state index contributed by atoms with van der Waals surface area (Å²) in [6.07, 6.45) is 1.91. The number of fused-ring (bicyclic) bond motifs is 1. The van der Waals surface area contributed by atoms with E-state index in [1.165, 1.54) is 6.07 Å². The molecule has 0 fully saturated rings. The summed E-state index contributed by atoms with van der Waals surface area (Å²) in [7, 11) is 0. The van der Waals surface area contributed by atoms with Crippen molar-refractivity contribution in [3.8, 4) is 0 Å². The van der Waals surface area contributed by atoms with Crippen molar-refractivity contribution in [3.63, 3.8) is 0 Å². The molecule has 2 amide bonds. The molecule has 1 atom stereocenters. The number of hydrogen-bond acceptors (Lipinski definition) is 2. The second kappa shape index (κ2) is 5.82. The third-order valence-corrected chi connectivity index (χ3v) is 3.14. The lowest BCUT2D eigenvalue weighted by molar-refractivity contribution is 0.234. The van der Waals surface area contributed by atoms with Gasteiger partial charge in [0, 0.05) is 13.2 Å². The summed E-state index contributed by atoms with van der Waals surface area (Å²) in [5.74, 6) is -0.197. The molecule has 0 saturated carbocycles. The van der Waals surface area contributed by atoms with Crippen molar-refractivity contribution >= 4 is 6.03 Å². The van der Waals surface area contributed by atoms with Gasteiger partial charge < -0.3 is 15.7 Å². The highest BCUT2D eigenvalue weighted by molar-refractivity contribution is 5.74. The van der Waals surface area contributed by atoms with Gasteiger partial charge in [-0.2, -0.15) is 0 Å². The molecule has 1 aromatic carbocycles. The van der Waals surface area contributed by atoms with E-state index in [1.807, 2.05) is 6.07 Å². The fourth-order valence-electron chi connectivity index (χ4n) is 2.25. The fourth-order valence-corrected chi connectivity index (χ4v) is 2.25. The molecule has 5 heteroatoms. The normalized spacial score (nSPS) is 17.3. The Morgan fingerprint density at radius 3 is 3.11 bits per heavy atom. The molecule has 0 heterocycles. The summed E-state index contributed by atoms with van der Waals surface area (Å²) < 4.78 is 13.5. The van der Waals surface area contributed by atoms with Gasteiger partial charge in [0.15, 0.2) is 0 Å². The maximum absolute atomic E-state index is 13.5. The summed E-state index contributed by atoms with van der Waals surface area (Å²) in [5, 5.41) is 14.1. The first-order chi connectivity index (χ1) is 8.72. The van der Waals surface area contributed by atoms with Gasteiger partial charge in [-0.3, -0.25) is 0 Å². The van der Waals surface area contributed by atoms with Crippen LogP contribution in [-0.2, 0) is 6.42 Å². The summed E-state index contributed by atoms with van der Waals surface area (Å²) in [6, 6.07) is 4.57. The number of halogens is 1. The Labute approximate surface area is 105 Å². The molecule has 1 aromatic rings. The van der Waals surface area contributed by atoms with E-state index in [1.54, 1.807) is 6.07 Å². The molecule has 1 aliphatic rings. The van der Waals surface area contributed by atoms with Crippen LogP contribution in [-0.4, -0.2) is 24.3 Å². The average molecular weight is 252 g/mol. The molecule has 1 aliphatic carbocycles. The molecule has 98 valence electrons. The van der Waals surface area contributed by atoms with E-state index in [0.717, 1.165) is 12.0 Å². The van der Waals surface area contributed by atoms with Gasteiger partial charge >= 0.3 is 6.03 Å². The van der Waals surface area contributed by atoms with Crippen LogP contribution in [0.3, 0.4) is 0 Å². The minimum atomic E-state index is -0.273. The van der Waals surface area contributed by atoms with E-state index in [0.29, 0.717) is 24.9 Å². The fraction of sp³-hybridized carbons (Fsp3) is 0.462. The number of aliphatic hydroxyl groups excluding tert-OH is 1. The summed E-state index contributed by atoms with van der Waals surface area (Å²) in [4.78, 5) is 11.6. The number of carbonyl (C=O) groups excluding carboxylic acids is 1. The maximum atomic E-state index is 13.5. The van der Waals surface area contributed by atoms with E-state index in [2.05, 4.69) is 10.6 Å². The molecular weight excluding hydrogens is 235 g/mol. The largest absolute Gasteiger partial charge is 0.396 e. The third kappa shape index (κ3) is 2.79. The summed E-state index contributed by atoms with van der Waals surface area (Å²) in [6.45, 7) is 0.489. The van der Waals surface area contributed by atoms with Crippen LogP contribution in [0.25, 0.3) is 0 Å². The van der Waals surface area contributed by atoms with Gasteiger partial charge in [-0.05, 0) is 36.5 Å². The zero-order valence-corrected chi connectivity index (χ0v) is 10.1. The Morgan fingerprint density at radius 2 is 2.33 bits per heavy atom. The molecule has 1 unspecified atom stereocenters. The predicted octanol–water partition coefficient (Wildman–Crippen LogP) is 1.49. The van der Waals surface area contributed by atoms with Crippen LogP contribution in [0.5, 0.6) is 0 Å². The SMILES string of the molecule is O=C(NCCCO)NC1CCc2c(F)cccc21. The summed E-state index contributed by atoms with van der Waals surface area (Å²) in [5.41, 5.74) is 1.57. The molecule has 0 saturated heterocycles. The van der Waals surface area contributed by atoms with Crippen molar-refractivity contribution in [2.45, 2.75) is 25.3 Å². The lowest BCUT2D eigenvalue weighted by atomic mass is 10.1. The van der Waals surface area contributed by atoms with Gasteiger partial charge in [0.2, 0.25) is 0 Å². The highest BCUT2D eigenvalue weighted by Gasteiger charge is 2.25. The number of amides is 2. The van der Waals surface area contributed by atoms with E-state index in [4.69, 9.17) is 5.11 Å². The van der Waals surface area contributed by atoms with Crippen molar-refractivity contribution in [1.29, 1.82) is 0 Å². The zero-order valence-electron chi connectivity index (χ0n) is 10.1. The Hall–Kier alpha value is -1.62. The second-order valence-corrected chi connectivity index (χ2v) is 4.38. The first-order valence-electron chi connectivity index (χ1n) is 6.15. The van der Waals surface area contributed by atoms with Crippen molar-refractivity contribution < 1.29 is 14.3 Å². The average Bonchev–Trinajstić information content (AvgIpc) is 2.74. The smallest absolute Gasteiger partial charge is 0.315 e. The van der Waals surface area contributed by atoms with Crippen LogP contribution in [0, 0.1) is 5.82 Å². The Kier molecular flexibility index (Phi) is 4.15. The topological polar surface area (TPSA) is 61.4 Å². The quantitative estimate of drug-likeness (QED) is 0.711. The van der Waals surface area contributed by atoms with Gasteiger partial charge in [0.05, 0.1) is 6.04 Å². The van der Waals surface area contributed by atoms with Crippen molar-refractivity contribution in [3.05, 3.63) is 35.1 Å². The maximum Gasteiger partial charge on any atom is 0.315 e. The van der Waals surface area contributed by atoms with Crippen LogP contribution in [0.4, 0.5) is 9.18 Å². The number of benzene rings is 1. The van der Waals surface area contributed by atoms with Crippen LogP contribution in [0.15, 0.2) is 18.2 Å². The number of aliphatic hydroxyl groups is 1. The number of nitrogens with one attached hydrogen (secondary N) is 2. The van der Waals surface area contributed by atoms with Crippen molar-refractivity contribution in [2.75, 3.05) is 13.2 Å². The van der Waals surface area contributed by atoms with Crippen molar-refractivity contribution in [1.82, 2.24) is 10.6 Å². The highest BCUT2D eigenvalue weighted by atomic mass is 19.1. The monoisotopic (exact) mass is 252 g/mol. The van der Waals surface area contributed by atoms with Crippen LogP contribution in [0.1, 0.15) is 30.0 Å². The van der Waals surface area contributed by atoms with E-state index >= 15 is 0 Å². The number of urea groups is 1. The van der Waals surface area contributed by atoms with Crippen LogP contribution < -0.4 is 10.6 Å². The molecule has 0 radical (unpaired) electrons. The Bertz CT molecular complexity index is 437. The lowest BCUT2D eigenvalue weighted by Gasteiger charge is -2.14. The van der Waals surface area contributed by atoms with Crippen LogP contribution >= 0.6 is 0 Å². The molecule has 18 heavy (non-hydrogen) atoms. The van der Waals surface area contributed by atoms with Crippen LogP contribution in [0.2, 0.25) is 0 Å². The first kappa shape index (κ1) is 12.8. The zero-order chi connectivity index (χ0) is 13.0. The molecule has 0 aromatic heterocycles. The molecule has 0 aliphatic heterocycles. The molecule has 3 N–H and O–H groups in total. The van der Waals surface area contributed by atoms with Crippen molar-refractivity contribution in [2.24, 2.45) is 0 Å². The van der Waals surface area contributed by atoms with Gasteiger partial charge in [-0.15, -0.1) is 0 Å². The lowest BCUT2D eigenvalue weighted by Crippen LogP contribution is -2.38. The van der Waals surface area contributed by atoms with Gasteiger partial charge in [0.1, 0.15) is 5.82 Å². The molecule has 2 rings (SSSR count). The predicted molar refractivity (Wildman–Crippen MR) is 65.7 cm³/mol. The van der Waals surface area contributed by atoms with Gasteiger partial charge in [-0.1, -0.05) is 12.1 Å². The first-order valence-corrected chi connectivity index (χ1v) is 6.15. The number of carbonyl (C=O) groups is 1. The van der Waals surface area contributed by atoms with Gasteiger partial charge in [-0.25, -0.2) is 9.18 Å². The minimum Gasteiger partial charge on any atom is -0.396 e. The highest BCUT2D eigenvalue weighted by Crippen LogP contribution is 2.32. The van der Waals surface area contributed by atoms with E-state index in [-0.39, 0.29) is 24.5 Å². The molecular formula is C13H17FN2O2. The summed E-state index contributed by atoms with van der Waals surface area (Å²) >= 11 is 0.